The number of nitrogens with zero attached hydrogens (tertiary/aromatic N) is 1. The summed E-state index contributed by atoms with van der Waals surface area (Å²) in [6.45, 7) is 3.76. The second-order valence-corrected chi connectivity index (χ2v) is 9.76. The van der Waals surface area contributed by atoms with Gasteiger partial charge in [0.2, 0.25) is 0 Å². The Kier molecular flexibility index (Phi) is 7.30. The molecule has 2 aromatic rings. The van der Waals surface area contributed by atoms with E-state index in [1.807, 2.05) is 6.07 Å². The van der Waals surface area contributed by atoms with E-state index in [2.05, 4.69) is 11.9 Å². The molecule has 1 amide bonds. The molecule has 5 nitrogen and oxygen atoms in total. The van der Waals surface area contributed by atoms with Crippen molar-refractivity contribution in [2.75, 3.05) is 7.11 Å². The van der Waals surface area contributed by atoms with Crippen LogP contribution >= 0.6 is 11.3 Å². The Hall–Kier alpha value is -2.60. The SMILES string of the molecule is C=CCc1cc(C=Nc2sc3c(c2C(=O)NC2CCCCC2)CCCC3)cc(OC)c1O. The van der Waals surface area contributed by atoms with E-state index in [9.17, 15) is 9.90 Å². The number of carbonyl (C=O) groups is 1. The van der Waals surface area contributed by atoms with Crippen LogP contribution in [0.25, 0.3) is 0 Å². The lowest BCUT2D eigenvalue weighted by molar-refractivity contribution is 0.0927. The molecule has 2 N–H and O–H groups in total. The standard InChI is InChI=1S/C26H32N2O3S/c1-3-9-18-14-17(15-21(31-2)24(18)29)16-27-26-23(20-12-7-8-13-22(20)32-26)25(30)28-19-10-5-4-6-11-19/h3,14-16,19,29H,1,4-13H2,2H3,(H,28,30). The summed E-state index contributed by atoms with van der Waals surface area (Å²) < 4.78 is 5.33. The number of phenols is 1. The lowest BCUT2D eigenvalue weighted by atomic mass is 9.93. The molecule has 170 valence electrons. The van der Waals surface area contributed by atoms with Crippen molar-refractivity contribution in [3.63, 3.8) is 0 Å². The van der Waals surface area contributed by atoms with E-state index in [0.717, 1.165) is 53.8 Å². The van der Waals surface area contributed by atoms with E-state index >= 15 is 0 Å². The minimum atomic E-state index is 0.0269. The number of hydrogen-bond donors (Lipinski definition) is 2. The van der Waals surface area contributed by atoms with Crippen LogP contribution in [0, 0.1) is 0 Å². The van der Waals surface area contributed by atoms with E-state index < -0.39 is 0 Å². The summed E-state index contributed by atoms with van der Waals surface area (Å²) in [7, 11) is 1.54. The number of allylic oxidation sites excluding steroid dienone is 1. The Morgan fingerprint density at radius 2 is 2.03 bits per heavy atom. The highest BCUT2D eigenvalue weighted by atomic mass is 32.1. The Labute approximate surface area is 194 Å². The normalized spacial score (nSPS) is 16.7. The van der Waals surface area contributed by atoms with Crippen molar-refractivity contribution in [3.8, 4) is 11.5 Å². The summed E-state index contributed by atoms with van der Waals surface area (Å²) in [5.41, 5.74) is 3.52. The van der Waals surface area contributed by atoms with Gasteiger partial charge in [0.1, 0.15) is 5.00 Å². The summed E-state index contributed by atoms with van der Waals surface area (Å²) in [6.07, 6.45) is 14.1. The third kappa shape index (κ3) is 4.90. The largest absolute Gasteiger partial charge is 0.504 e. The van der Waals surface area contributed by atoms with Crippen molar-refractivity contribution >= 4 is 28.5 Å². The Bertz CT molecular complexity index is 1020. The fourth-order valence-electron chi connectivity index (χ4n) is 4.74. The zero-order valence-electron chi connectivity index (χ0n) is 18.8. The molecule has 2 aliphatic carbocycles. The van der Waals surface area contributed by atoms with Gasteiger partial charge in [0, 0.05) is 22.7 Å². The van der Waals surface area contributed by atoms with Gasteiger partial charge in [-0.15, -0.1) is 17.9 Å². The second-order valence-electron chi connectivity index (χ2n) is 8.68. The number of ether oxygens (including phenoxy) is 1. The van der Waals surface area contributed by atoms with Gasteiger partial charge in [-0.3, -0.25) is 4.79 Å². The molecule has 1 heterocycles. The highest BCUT2D eigenvalue weighted by Crippen LogP contribution is 2.40. The molecule has 1 aromatic heterocycles. The molecule has 32 heavy (non-hydrogen) atoms. The van der Waals surface area contributed by atoms with E-state index in [1.54, 1.807) is 29.7 Å². The van der Waals surface area contributed by atoms with Gasteiger partial charge in [0.05, 0.1) is 12.7 Å². The van der Waals surface area contributed by atoms with Crippen molar-refractivity contribution in [1.82, 2.24) is 5.32 Å². The number of benzene rings is 1. The molecule has 0 atom stereocenters. The maximum absolute atomic E-state index is 13.3. The van der Waals surface area contributed by atoms with Crippen molar-refractivity contribution in [1.29, 1.82) is 0 Å². The summed E-state index contributed by atoms with van der Waals surface area (Å²) in [6, 6.07) is 3.93. The van der Waals surface area contributed by atoms with Crippen LogP contribution in [-0.4, -0.2) is 30.4 Å². The molecule has 2 aliphatic rings. The minimum absolute atomic E-state index is 0.0269. The molecule has 0 radical (unpaired) electrons. The van der Waals surface area contributed by atoms with Crippen LogP contribution in [-0.2, 0) is 19.3 Å². The molecule has 0 aliphatic heterocycles. The topological polar surface area (TPSA) is 70.9 Å². The zero-order valence-corrected chi connectivity index (χ0v) is 19.6. The van der Waals surface area contributed by atoms with Gasteiger partial charge in [0.15, 0.2) is 11.5 Å². The highest BCUT2D eigenvalue weighted by molar-refractivity contribution is 7.16. The fourth-order valence-corrected chi connectivity index (χ4v) is 5.98. The maximum atomic E-state index is 13.3. The fraction of sp³-hybridized carbons (Fsp3) is 0.462. The number of aromatic hydroxyl groups is 1. The van der Waals surface area contributed by atoms with Crippen LogP contribution in [0.5, 0.6) is 11.5 Å². The number of phenolic OH excluding ortho intramolecular Hbond substituents is 1. The number of aliphatic imine (C=N–C) groups is 1. The molecule has 0 spiro atoms. The second kappa shape index (κ2) is 10.3. The van der Waals surface area contributed by atoms with Gasteiger partial charge in [-0.1, -0.05) is 25.3 Å². The first kappa shape index (κ1) is 22.6. The molecule has 6 heteroatoms. The predicted octanol–water partition coefficient (Wildman–Crippen LogP) is 5.88. The maximum Gasteiger partial charge on any atom is 0.254 e. The smallest absolute Gasteiger partial charge is 0.254 e. The van der Waals surface area contributed by atoms with Gasteiger partial charge in [-0.25, -0.2) is 4.99 Å². The third-order valence-electron chi connectivity index (χ3n) is 6.41. The van der Waals surface area contributed by atoms with Crippen LogP contribution in [0.15, 0.2) is 29.8 Å². The number of thiophene rings is 1. The number of methoxy groups -OCH3 is 1. The number of nitrogens with one attached hydrogen (secondary N) is 1. The number of aryl methyl sites for hydroxylation is 1. The Morgan fingerprint density at radius 1 is 1.25 bits per heavy atom. The van der Waals surface area contributed by atoms with Crippen molar-refractivity contribution < 1.29 is 14.6 Å². The zero-order chi connectivity index (χ0) is 22.5. The van der Waals surface area contributed by atoms with Gasteiger partial charge >= 0.3 is 0 Å². The van der Waals surface area contributed by atoms with Gasteiger partial charge in [-0.2, -0.15) is 0 Å². The van der Waals surface area contributed by atoms with Crippen molar-refractivity contribution in [2.24, 2.45) is 4.99 Å². The van der Waals surface area contributed by atoms with Crippen LogP contribution < -0.4 is 10.1 Å². The first-order valence-electron chi connectivity index (χ1n) is 11.6. The van der Waals surface area contributed by atoms with Crippen LogP contribution in [0.2, 0.25) is 0 Å². The molecule has 0 bridgehead atoms. The number of hydrogen-bond acceptors (Lipinski definition) is 5. The van der Waals surface area contributed by atoms with E-state index in [1.165, 1.54) is 43.2 Å². The molecule has 1 fully saturated rings. The quantitative estimate of drug-likeness (QED) is 0.407. The molecule has 0 unspecified atom stereocenters. The van der Waals surface area contributed by atoms with Crippen LogP contribution in [0.3, 0.4) is 0 Å². The summed E-state index contributed by atoms with van der Waals surface area (Å²) in [5, 5.41) is 14.4. The number of fused-ring (bicyclic) bond motifs is 1. The van der Waals surface area contributed by atoms with Gasteiger partial charge in [-0.05, 0) is 68.2 Å². The number of rotatable bonds is 7. The summed E-state index contributed by atoms with van der Waals surface area (Å²) in [4.78, 5) is 19.4. The molecule has 0 saturated heterocycles. The first-order chi connectivity index (χ1) is 15.6. The summed E-state index contributed by atoms with van der Waals surface area (Å²) >= 11 is 1.64. The molecular formula is C26H32N2O3S. The van der Waals surface area contributed by atoms with E-state index in [4.69, 9.17) is 9.73 Å². The van der Waals surface area contributed by atoms with E-state index in [-0.39, 0.29) is 17.7 Å². The molecule has 1 saturated carbocycles. The number of carbonyl (C=O) groups excluding carboxylic acids is 1. The Balaban J connectivity index is 1.65. The van der Waals surface area contributed by atoms with Crippen LogP contribution in [0.4, 0.5) is 5.00 Å². The van der Waals surface area contributed by atoms with E-state index in [0.29, 0.717) is 12.2 Å². The minimum Gasteiger partial charge on any atom is -0.504 e. The van der Waals surface area contributed by atoms with Crippen molar-refractivity contribution in [3.05, 3.63) is 51.9 Å². The average Bonchev–Trinajstić information content (AvgIpc) is 3.18. The summed E-state index contributed by atoms with van der Waals surface area (Å²) in [5.74, 6) is 0.564. The highest BCUT2D eigenvalue weighted by Gasteiger charge is 2.27. The van der Waals surface area contributed by atoms with Gasteiger partial charge < -0.3 is 15.2 Å². The molecule has 4 rings (SSSR count). The molecule has 1 aromatic carbocycles. The van der Waals surface area contributed by atoms with Crippen LogP contribution in [0.1, 0.15) is 76.9 Å². The monoisotopic (exact) mass is 452 g/mol. The average molecular weight is 453 g/mol. The Morgan fingerprint density at radius 3 is 2.78 bits per heavy atom. The predicted molar refractivity (Wildman–Crippen MR) is 131 cm³/mol. The lowest BCUT2D eigenvalue weighted by Gasteiger charge is -2.23. The lowest BCUT2D eigenvalue weighted by Crippen LogP contribution is -2.36. The van der Waals surface area contributed by atoms with Crippen molar-refractivity contribution in [2.45, 2.75) is 70.3 Å². The van der Waals surface area contributed by atoms with Gasteiger partial charge in [0.25, 0.3) is 5.91 Å². The third-order valence-corrected chi connectivity index (χ3v) is 7.61. The first-order valence-corrected chi connectivity index (χ1v) is 12.4. The number of amides is 1. The molecular weight excluding hydrogens is 420 g/mol.